The van der Waals surface area contributed by atoms with Gasteiger partial charge in [0, 0.05) is 24.1 Å². The molecule has 0 bridgehead atoms. The average molecular weight is 379 g/mol. The lowest BCUT2D eigenvalue weighted by atomic mass is 9.89. The SMILES string of the molecule is CCC(=O)Nc1cccc(C2CCN(CCCC(=O)c3ccccc3)CC2)c1. The van der Waals surface area contributed by atoms with Crippen molar-refractivity contribution in [1.82, 2.24) is 4.90 Å². The first kappa shape index (κ1) is 20.3. The van der Waals surface area contributed by atoms with Gasteiger partial charge < -0.3 is 10.2 Å². The van der Waals surface area contributed by atoms with E-state index in [4.69, 9.17) is 0 Å². The van der Waals surface area contributed by atoms with E-state index < -0.39 is 0 Å². The number of likely N-dealkylation sites (tertiary alicyclic amines) is 1. The molecule has 0 spiro atoms. The van der Waals surface area contributed by atoms with E-state index in [1.807, 2.05) is 49.4 Å². The van der Waals surface area contributed by atoms with Gasteiger partial charge in [0.15, 0.2) is 5.78 Å². The minimum absolute atomic E-state index is 0.0528. The Labute approximate surface area is 167 Å². The molecule has 1 saturated heterocycles. The Morgan fingerprint density at radius 2 is 1.79 bits per heavy atom. The number of carbonyl (C=O) groups is 2. The van der Waals surface area contributed by atoms with Crippen molar-refractivity contribution in [3.05, 3.63) is 65.7 Å². The van der Waals surface area contributed by atoms with Crippen LogP contribution in [0.15, 0.2) is 54.6 Å². The molecule has 1 fully saturated rings. The number of ketones is 1. The first-order valence-electron chi connectivity index (χ1n) is 10.4. The second-order valence-electron chi connectivity index (χ2n) is 7.54. The summed E-state index contributed by atoms with van der Waals surface area (Å²) in [6.07, 6.45) is 4.27. The summed E-state index contributed by atoms with van der Waals surface area (Å²) in [6, 6.07) is 17.8. The highest BCUT2D eigenvalue weighted by molar-refractivity contribution is 5.95. The molecule has 0 atom stereocenters. The summed E-state index contributed by atoms with van der Waals surface area (Å²) in [7, 11) is 0. The van der Waals surface area contributed by atoms with Crippen LogP contribution in [0.1, 0.15) is 60.9 Å². The summed E-state index contributed by atoms with van der Waals surface area (Å²) in [5, 5.41) is 2.95. The fourth-order valence-electron chi connectivity index (χ4n) is 3.84. The molecule has 0 radical (unpaired) electrons. The second kappa shape index (κ2) is 10.2. The van der Waals surface area contributed by atoms with Gasteiger partial charge in [0.25, 0.3) is 0 Å². The highest BCUT2D eigenvalue weighted by Gasteiger charge is 2.21. The van der Waals surface area contributed by atoms with Crippen LogP contribution in [-0.2, 0) is 4.79 Å². The van der Waals surface area contributed by atoms with Crippen LogP contribution in [0.5, 0.6) is 0 Å². The quantitative estimate of drug-likeness (QED) is 0.666. The first-order valence-corrected chi connectivity index (χ1v) is 10.4. The van der Waals surface area contributed by atoms with Gasteiger partial charge in [-0.05, 0) is 62.5 Å². The number of benzene rings is 2. The molecule has 1 heterocycles. The largest absolute Gasteiger partial charge is 0.326 e. The Kier molecular flexibility index (Phi) is 7.38. The molecule has 0 saturated carbocycles. The van der Waals surface area contributed by atoms with Crippen molar-refractivity contribution in [2.45, 2.75) is 44.9 Å². The lowest BCUT2D eigenvalue weighted by Gasteiger charge is -2.32. The molecular formula is C24H30N2O2. The van der Waals surface area contributed by atoms with Crippen LogP contribution < -0.4 is 5.32 Å². The number of carbonyl (C=O) groups excluding carboxylic acids is 2. The first-order chi connectivity index (χ1) is 13.7. The lowest BCUT2D eigenvalue weighted by molar-refractivity contribution is -0.115. The molecule has 0 unspecified atom stereocenters. The standard InChI is InChI=1S/C24H30N2O2/c1-2-24(28)25-22-11-6-10-21(18-22)19-13-16-26(17-14-19)15-7-12-23(27)20-8-4-3-5-9-20/h3-6,8-11,18-19H,2,7,12-17H2,1H3,(H,25,28). The second-order valence-corrected chi connectivity index (χ2v) is 7.54. The summed E-state index contributed by atoms with van der Waals surface area (Å²) in [4.78, 5) is 26.3. The van der Waals surface area contributed by atoms with Crippen molar-refractivity contribution in [3.8, 4) is 0 Å². The van der Waals surface area contributed by atoms with Crippen molar-refractivity contribution in [1.29, 1.82) is 0 Å². The van der Waals surface area contributed by atoms with Crippen molar-refractivity contribution in [2.24, 2.45) is 0 Å². The third-order valence-electron chi connectivity index (χ3n) is 5.52. The molecule has 1 aliphatic rings. The Hall–Kier alpha value is -2.46. The number of rotatable bonds is 8. The number of piperidine rings is 1. The van der Waals surface area contributed by atoms with Crippen LogP contribution in [0.4, 0.5) is 5.69 Å². The molecule has 0 aliphatic carbocycles. The van der Waals surface area contributed by atoms with Crippen LogP contribution in [0.2, 0.25) is 0 Å². The molecule has 4 nitrogen and oxygen atoms in total. The molecule has 1 N–H and O–H groups in total. The Morgan fingerprint density at radius 3 is 2.50 bits per heavy atom. The van der Waals surface area contributed by atoms with Crippen molar-refractivity contribution in [2.75, 3.05) is 25.0 Å². The summed E-state index contributed by atoms with van der Waals surface area (Å²) in [6.45, 7) is 4.98. The topological polar surface area (TPSA) is 49.4 Å². The van der Waals surface area contributed by atoms with Gasteiger partial charge in [0.1, 0.15) is 0 Å². The minimum atomic E-state index is 0.0528. The van der Waals surface area contributed by atoms with Crippen LogP contribution in [-0.4, -0.2) is 36.2 Å². The highest BCUT2D eigenvalue weighted by atomic mass is 16.1. The fourth-order valence-corrected chi connectivity index (χ4v) is 3.84. The van der Waals surface area contributed by atoms with E-state index in [9.17, 15) is 9.59 Å². The summed E-state index contributed by atoms with van der Waals surface area (Å²) >= 11 is 0. The summed E-state index contributed by atoms with van der Waals surface area (Å²) < 4.78 is 0. The smallest absolute Gasteiger partial charge is 0.224 e. The van der Waals surface area contributed by atoms with Gasteiger partial charge in [-0.15, -0.1) is 0 Å². The summed E-state index contributed by atoms with van der Waals surface area (Å²) in [5.74, 6) is 0.833. The van der Waals surface area contributed by atoms with Gasteiger partial charge in [-0.1, -0.05) is 49.4 Å². The minimum Gasteiger partial charge on any atom is -0.326 e. The third-order valence-corrected chi connectivity index (χ3v) is 5.52. The average Bonchev–Trinajstić information content (AvgIpc) is 2.75. The number of hydrogen-bond donors (Lipinski definition) is 1. The van der Waals surface area contributed by atoms with Crippen molar-refractivity contribution < 1.29 is 9.59 Å². The normalized spacial score (nSPS) is 15.3. The number of anilines is 1. The molecular weight excluding hydrogens is 348 g/mol. The third kappa shape index (κ3) is 5.77. The van der Waals surface area contributed by atoms with Crippen LogP contribution in [0.25, 0.3) is 0 Å². The van der Waals surface area contributed by atoms with E-state index in [1.54, 1.807) is 0 Å². The Bertz CT molecular complexity index is 780. The Morgan fingerprint density at radius 1 is 1.04 bits per heavy atom. The predicted molar refractivity (Wildman–Crippen MR) is 114 cm³/mol. The number of Topliss-reactive ketones (excluding diaryl/α,β-unsaturated/α-hetero) is 1. The zero-order chi connectivity index (χ0) is 19.8. The Balaban J connectivity index is 1.43. The van der Waals surface area contributed by atoms with E-state index >= 15 is 0 Å². The molecule has 1 amide bonds. The van der Waals surface area contributed by atoms with E-state index in [2.05, 4.69) is 22.3 Å². The molecule has 0 aromatic heterocycles. The van der Waals surface area contributed by atoms with Crippen LogP contribution in [0, 0.1) is 0 Å². The molecule has 2 aromatic rings. The zero-order valence-electron chi connectivity index (χ0n) is 16.7. The number of nitrogens with zero attached hydrogens (tertiary/aromatic N) is 1. The maximum absolute atomic E-state index is 12.2. The van der Waals surface area contributed by atoms with E-state index in [0.717, 1.165) is 50.1 Å². The molecule has 148 valence electrons. The number of nitrogens with one attached hydrogen (secondary N) is 1. The lowest BCUT2D eigenvalue weighted by Crippen LogP contribution is -2.33. The highest BCUT2D eigenvalue weighted by Crippen LogP contribution is 2.29. The van der Waals surface area contributed by atoms with Gasteiger partial charge in [0.2, 0.25) is 5.91 Å². The molecule has 28 heavy (non-hydrogen) atoms. The van der Waals surface area contributed by atoms with Gasteiger partial charge in [-0.2, -0.15) is 0 Å². The van der Waals surface area contributed by atoms with Crippen molar-refractivity contribution in [3.63, 3.8) is 0 Å². The zero-order valence-corrected chi connectivity index (χ0v) is 16.7. The van der Waals surface area contributed by atoms with Gasteiger partial charge in [0.05, 0.1) is 0 Å². The monoisotopic (exact) mass is 378 g/mol. The number of hydrogen-bond acceptors (Lipinski definition) is 3. The van der Waals surface area contributed by atoms with Crippen LogP contribution in [0.3, 0.4) is 0 Å². The van der Waals surface area contributed by atoms with Gasteiger partial charge in [-0.25, -0.2) is 0 Å². The molecule has 4 heteroatoms. The number of amides is 1. The summed E-state index contributed by atoms with van der Waals surface area (Å²) in [5.41, 5.74) is 3.02. The predicted octanol–water partition coefficient (Wildman–Crippen LogP) is 4.88. The van der Waals surface area contributed by atoms with Gasteiger partial charge in [-0.3, -0.25) is 9.59 Å². The molecule has 3 rings (SSSR count). The molecule has 1 aliphatic heterocycles. The maximum atomic E-state index is 12.2. The molecule has 2 aromatic carbocycles. The van der Waals surface area contributed by atoms with E-state index in [-0.39, 0.29) is 11.7 Å². The van der Waals surface area contributed by atoms with Crippen molar-refractivity contribution >= 4 is 17.4 Å². The van der Waals surface area contributed by atoms with E-state index in [1.165, 1.54) is 5.56 Å². The maximum Gasteiger partial charge on any atom is 0.224 e. The van der Waals surface area contributed by atoms with E-state index in [0.29, 0.717) is 18.8 Å². The van der Waals surface area contributed by atoms with Gasteiger partial charge >= 0.3 is 0 Å². The fraction of sp³-hybridized carbons (Fsp3) is 0.417. The van der Waals surface area contributed by atoms with Crippen LogP contribution >= 0.6 is 0 Å².